The maximum Gasteiger partial charge on any atom is 0.514 e. The Balaban J connectivity index is 1.51. The van der Waals surface area contributed by atoms with Gasteiger partial charge in [0, 0.05) is 35.8 Å². The molecule has 22 heavy (non-hydrogen) atoms. The quantitative estimate of drug-likeness (QED) is 0.448. The highest BCUT2D eigenvalue weighted by Crippen LogP contribution is 2.30. The lowest BCUT2D eigenvalue weighted by Gasteiger charge is -2.24. The average molecular weight is 311 g/mol. The fourth-order valence-electron chi connectivity index (χ4n) is 2.86. The van der Waals surface area contributed by atoms with Crippen molar-refractivity contribution in [1.82, 2.24) is 0 Å². The van der Waals surface area contributed by atoms with Crippen molar-refractivity contribution in [2.45, 2.75) is 50.5 Å². The maximum absolute atomic E-state index is 11.9. The van der Waals surface area contributed by atoms with Crippen LogP contribution in [0.25, 0.3) is 0 Å². The Morgan fingerprint density at radius 2 is 2.09 bits per heavy atom. The van der Waals surface area contributed by atoms with Gasteiger partial charge in [-0.05, 0) is 12.8 Å². The standard InChI is InChI=1S/C14H17NO7/c16-14(21-10-3-1-9(2-4-10)15(17)18)22-12-6-8-20-13-11(12)5-7-19-13/h6,8-10,13H,1-5,7H2/t9?,10?,13-/m1/s1. The zero-order valence-corrected chi connectivity index (χ0v) is 11.9. The lowest BCUT2D eigenvalue weighted by molar-refractivity contribution is -0.527. The maximum atomic E-state index is 11.9. The first-order valence-corrected chi connectivity index (χ1v) is 7.32. The first-order chi connectivity index (χ1) is 10.6. The molecule has 1 atom stereocenters. The molecule has 0 aromatic heterocycles. The molecular weight excluding hydrogens is 294 g/mol. The Kier molecular flexibility index (Phi) is 4.28. The van der Waals surface area contributed by atoms with Crippen molar-refractivity contribution in [3.63, 3.8) is 0 Å². The molecule has 0 spiro atoms. The topological polar surface area (TPSA) is 97.1 Å². The Bertz CT molecular complexity index is 519. The number of allylic oxidation sites excluding steroid dienone is 1. The molecule has 0 radical (unpaired) electrons. The predicted octanol–water partition coefficient (Wildman–Crippen LogP) is 2.27. The Labute approximate surface area is 126 Å². The monoisotopic (exact) mass is 311 g/mol. The summed E-state index contributed by atoms with van der Waals surface area (Å²) in [6.45, 7) is 0.522. The van der Waals surface area contributed by atoms with Crippen molar-refractivity contribution in [3.05, 3.63) is 33.8 Å². The van der Waals surface area contributed by atoms with Crippen LogP contribution < -0.4 is 0 Å². The molecule has 8 heteroatoms. The Morgan fingerprint density at radius 1 is 1.32 bits per heavy atom. The molecule has 1 saturated carbocycles. The molecule has 0 bridgehead atoms. The van der Waals surface area contributed by atoms with E-state index in [1.165, 1.54) is 6.26 Å². The molecule has 120 valence electrons. The number of nitrogens with zero attached hydrogens (tertiary/aromatic N) is 1. The van der Waals surface area contributed by atoms with E-state index in [2.05, 4.69) is 0 Å². The summed E-state index contributed by atoms with van der Waals surface area (Å²) in [6.07, 6.45) is 3.84. The number of fused-ring (bicyclic) bond motifs is 1. The molecule has 2 aliphatic heterocycles. The van der Waals surface area contributed by atoms with Crippen molar-refractivity contribution in [1.29, 1.82) is 0 Å². The van der Waals surface area contributed by atoms with E-state index in [0.29, 0.717) is 44.5 Å². The van der Waals surface area contributed by atoms with Gasteiger partial charge in [0.15, 0.2) is 0 Å². The summed E-state index contributed by atoms with van der Waals surface area (Å²) in [5, 5.41) is 10.7. The minimum absolute atomic E-state index is 0.270. The van der Waals surface area contributed by atoms with Gasteiger partial charge in [0.1, 0.15) is 11.9 Å². The van der Waals surface area contributed by atoms with E-state index in [-0.39, 0.29) is 11.0 Å². The van der Waals surface area contributed by atoms with Gasteiger partial charge in [-0.1, -0.05) is 0 Å². The zero-order valence-electron chi connectivity index (χ0n) is 11.9. The SMILES string of the molecule is O=C(OC1=C2CCO[C@@H]2OC=C1)OC1CCC([N+](=O)[O-])CC1. The fourth-order valence-corrected chi connectivity index (χ4v) is 2.86. The Morgan fingerprint density at radius 3 is 2.82 bits per heavy atom. The minimum atomic E-state index is -0.788. The van der Waals surface area contributed by atoms with E-state index in [1.807, 2.05) is 0 Å². The van der Waals surface area contributed by atoms with Gasteiger partial charge < -0.3 is 18.9 Å². The molecule has 0 aromatic carbocycles. The molecule has 0 N–H and O–H groups in total. The summed E-state index contributed by atoms with van der Waals surface area (Å²) in [6, 6.07) is -0.532. The molecule has 3 rings (SSSR count). The lowest BCUT2D eigenvalue weighted by Crippen LogP contribution is -2.31. The number of nitro groups is 1. The summed E-state index contributed by atoms with van der Waals surface area (Å²) < 4.78 is 21.0. The molecule has 8 nitrogen and oxygen atoms in total. The van der Waals surface area contributed by atoms with Crippen LogP contribution in [0.3, 0.4) is 0 Å². The molecule has 0 amide bonds. The second-order valence-corrected chi connectivity index (χ2v) is 5.47. The van der Waals surface area contributed by atoms with Gasteiger partial charge in [0.25, 0.3) is 0 Å². The highest BCUT2D eigenvalue weighted by molar-refractivity contribution is 5.62. The van der Waals surface area contributed by atoms with E-state index in [4.69, 9.17) is 18.9 Å². The molecule has 3 aliphatic rings. The third kappa shape index (κ3) is 3.22. The summed E-state index contributed by atoms with van der Waals surface area (Å²) >= 11 is 0. The molecular formula is C14H17NO7. The van der Waals surface area contributed by atoms with E-state index in [1.54, 1.807) is 6.08 Å². The van der Waals surface area contributed by atoms with E-state index >= 15 is 0 Å². The molecule has 2 heterocycles. The number of carbonyl (C=O) groups is 1. The van der Waals surface area contributed by atoms with Gasteiger partial charge in [-0.25, -0.2) is 4.79 Å². The second-order valence-electron chi connectivity index (χ2n) is 5.47. The normalized spacial score (nSPS) is 30.5. The molecule has 1 saturated heterocycles. The van der Waals surface area contributed by atoms with Crippen LogP contribution in [0.4, 0.5) is 4.79 Å². The van der Waals surface area contributed by atoms with Crippen LogP contribution in [-0.2, 0) is 18.9 Å². The number of ether oxygens (including phenoxy) is 4. The van der Waals surface area contributed by atoms with Gasteiger partial charge in [-0.15, -0.1) is 0 Å². The largest absolute Gasteiger partial charge is 0.514 e. The third-order valence-corrected chi connectivity index (χ3v) is 4.06. The number of carbonyl (C=O) groups excluding carboxylic acids is 1. The average Bonchev–Trinajstić information content (AvgIpc) is 2.97. The summed E-state index contributed by atoms with van der Waals surface area (Å²) in [5.41, 5.74) is 0.788. The molecule has 1 aliphatic carbocycles. The van der Waals surface area contributed by atoms with Crippen molar-refractivity contribution in [3.8, 4) is 0 Å². The van der Waals surface area contributed by atoms with Crippen LogP contribution in [0, 0.1) is 10.1 Å². The van der Waals surface area contributed by atoms with Crippen molar-refractivity contribution in [2.24, 2.45) is 0 Å². The van der Waals surface area contributed by atoms with E-state index in [0.717, 1.165) is 5.57 Å². The van der Waals surface area contributed by atoms with Gasteiger partial charge >= 0.3 is 6.16 Å². The molecule has 0 unspecified atom stereocenters. The number of hydrogen-bond acceptors (Lipinski definition) is 7. The van der Waals surface area contributed by atoms with Crippen LogP contribution in [0.15, 0.2) is 23.7 Å². The van der Waals surface area contributed by atoms with Crippen LogP contribution in [0.1, 0.15) is 32.1 Å². The summed E-state index contributed by atoms with van der Waals surface area (Å²) in [7, 11) is 0. The van der Waals surface area contributed by atoms with Gasteiger partial charge in [0.05, 0.1) is 12.9 Å². The van der Waals surface area contributed by atoms with Gasteiger partial charge in [-0.3, -0.25) is 10.1 Å². The second kappa shape index (κ2) is 6.35. The van der Waals surface area contributed by atoms with Gasteiger partial charge in [0.2, 0.25) is 12.3 Å². The molecule has 2 fully saturated rings. The zero-order chi connectivity index (χ0) is 15.5. The van der Waals surface area contributed by atoms with Crippen molar-refractivity contribution in [2.75, 3.05) is 6.61 Å². The highest BCUT2D eigenvalue weighted by atomic mass is 16.7. The lowest BCUT2D eigenvalue weighted by atomic mass is 9.93. The van der Waals surface area contributed by atoms with Crippen molar-refractivity contribution < 1.29 is 28.7 Å². The molecule has 0 aromatic rings. The van der Waals surface area contributed by atoms with Crippen LogP contribution in [0.2, 0.25) is 0 Å². The third-order valence-electron chi connectivity index (χ3n) is 4.06. The van der Waals surface area contributed by atoms with Gasteiger partial charge in [-0.2, -0.15) is 0 Å². The van der Waals surface area contributed by atoms with Crippen LogP contribution in [0.5, 0.6) is 0 Å². The number of hydrogen-bond donors (Lipinski definition) is 0. The number of rotatable bonds is 3. The summed E-state index contributed by atoms with van der Waals surface area (Å²) in [5.74, 6) is 0.401. The summed E-state index contributed by atoms with van der Waals surface area (Å²) in [4.78, 5) is 22.3. The minimum Gasteiger partial charge on any atom is -0.468 e. The van der Waals surface area contributed by atoms with E-state index in [9.17, 15) is 14.9 Å². The van der Waals surface area contributed by atoms with Crippen molar-refractivity contribution >= 4 is 6.16 Å². The van der Waals surface area contributed by atoms with Crippen LogP contribution >= 0.6 is 0 Å². The first kappa shape index (κ1) is 14.8. The predicted molar refractivity (Wildman–Crippen MR) is 72.2 cm³/mol. The Hall–Kier alpha value is -2.09. The fraction of sp³-hybridized carbons (Fsp3) is 0.643. The van der Waals surface area contributed by atoms with E-state index < -0.39 is 18.5 Å². The smallest absolute Gasteiger partial charge is 0.468 e. The van der Waals surface area contributed by atoms with Crippen LogP contribution in [-0.4, -0.2) is 36.1 Å². The highest BCUT2D eigenvalue weighted by Gasteiger charge is 2.32. The first-order valence-electron chi connectivity index (χ1n) is 7.32.